The largest absolute Gasteiger partial charge is 0.321 e. The number of carbonyl (C=O) groups is 2. The van der Waals surface area contributed by atoms with E-state index < -0.39 is 0 Å². The van der Waals surface area contributed by atoms with Crippen LogP contribution in [-0.4, -0.2) is 22.0 Å². The molecule has 2 amide bonds. The first kappa shape index (κ1) is 19.9. The predicted octanol–water partition coefficient (Wildman–Crippen LogP) is 5.47. The fraction of sp³-hybridized carbons (Fsp3) is 0. The van der Waals surface area contributed by atoms with E-state index in [1.54, 1.807) is 42.5 Å². The Bertz CT molecular complexity index is 1210. The number of nitrogens with zero attached hydrogens (tertiary/aromatic N) is 2. The molecule has 30 heavy (non-hydrogen) atoms. The highest BCUT2D eigenvalue weighted by Gasteiger charge is 2.17. The quantitative estimate of drug-likeness (QED) is 0.398. The van der Waals surface area contributed by atoms with Crippen molar-refractivity contribution < 1.29 is 9.59 Å². The van der Waals surface area contributed by atoms with Crippen LogP contribution in [0.15, 0.2) is 83.3 Å². The normalized spacial score (nSPS) is 10.4. The van der Waals surface area contributed by atoms with Crippen molar-refractivity contribution in [3.8, 4) is 10.6 Å². The lowest BCUT2D eigenvalue weighted by molar-refractivity contribution is 0.102. The zero-order chi connectivity index (χ0) is 20.9. The summed E-state index contributed by atoms with van der Waals surface area (Å²) in [7, 11) is 0. The summed E-state index contributed by atoms with van der Waals surface area (Å²) in [5.41, 5.74) is 2.14. The Morgan fingerprint density at radius 2 is 1.37 bits per heavy atom. The molecular formula is C22H15BrN4O2S. The van der Waals surface area contributed by atoms with Crippen molar-refractivity contribution in [2.75, 3.05) is 10.6 Å². The lowest BCUT2D eigenvalue weighted by Gasteiger charge is -2.11. The van der Waals surface area contributed by atoms with Gasteiger partial charge in [0, 0.05) is 10.0 Å². The summed E-state index contributed by atoms with van der Waals surface area (Å²) >= 11 is 4.65. The highest BCUT2D eigenvalue weighted by Crippen LogP contribution is 2.27. The van der Waals surface area contributed by atoms with E-state index in [0.717, 1.165) is 5.56 Å². The van der Waals surface area contributed by atoms with E-state index >= 15 is 0 Å². The molecule has 0 unspecified atom stereocenters. The molecule has 0 radical (unpaired) electrons. The molecule has 0 bridgehead atoms. The summed E-state index contributed by atoms with van der Waals surface area (Å²) in [6.07, 6.45) is 0. The van der Waals surface area contributed by atoms with Gasteiger partial charge in [-0.15, -0.1) is 10.2 Å². The van der Waals surface area contributed by atoms with Crippen molar-refractivity contribution >= 4 is 49.9 Å². The van der Waals surface area contributed by atoms with Crippen molar-refractivity contribution in [3.05, 3.63) is 94.5 Å². The number of anilines is 2. The Morgan fingerprint density at radius 3 is 2.13 bits per heavy atom. The third-order valence-electron chi connectivity index (χ3n) is 4.20. The van der Waals surface area contributed by atoms with Crippen LogP contribution in [-0.2, 0) is 0 Å². The van der Waals surface area contributed by atoms with Crippen LogP contribution in [0.4, 0.5) is 10.8 Å². The van der Waals surface area contributed by atoms with Gasteiger partial charge in [-0.25, -0.2) is 0 Å². The molecule has 0 spiro atoms. The number of nitrogens with one attached hydrogen (secondary N) is 2. The van der Waals surface area contributed by atoms with Crippen LogP contribution >= 0.6 is 27.3 Å². The van der Waals surface area contributed by atoms with E-state index in [9.17, 15) is 9.59 Å². The highest BCUT2D eigenvalue weighted by molar-refractivity contribution is 9.10. The maximum absolute atomic E-state index is 12.8. The fourth-order valence-electron chi connectivity index (χ4n) is 2.76. The molecule has 4 rings (SSSR count). The predicted molar refractivity (Wildman–Crippen MR) is 122 cm³/mol. The van der Waals surface area contributed by atoms with E-state index in [0.29, 0.717) is 31.4 Å². The number of benzene rings is 3. The van der Waals surface area contributed by atoms with Crippen LogP contribution in [0.25, 0.3) is 10.6 Å². The molecule has 6 nitrogen and oxygen atoms in total. The molecule has 0 saturated carbocycles. The molecule has 0 aliphatic heterocycles. The first-order valence-corrected chi connectivity index (χ1v) is 10.6. The van der Waals surface area contributed by atoms with Gasteiger partial charge >= 0.3 is 0 Å². The maximum Gasteiger partial charge on any atom is 0.259 e. The minimum absolute atomic E-state index is 0.315. The summed E-state index contributed by atoms with van der Waals surface area (Å²) in [4.78, 5) is 25.5. The average Bonchev–Trinajstić information content (AvgIpc) is 3.23. The zero-order valence-corrected chi connectivity index (χ0v) is 17.9. The Hall–Kier alpha value is -3.36. The lowest BCUT2D eigenvalue weighted by atomic mass is 10.1. The average molecular weight is 479 g/mol. The van der Waals surface area contributed by atoms with E-state index in [1.807, 2.05) is 36.4 Å². The third-order valence-corrected chi connectivity index (χ3v) is 5.78. The summed E-state index contributed by atoms with van der Waals surface area (Å²) in [5.74, 6) is -0.696. The van der Waals surface area contributed by atoms with Gasteiger partial charge < -0.3 is 5.32 Å². The molecule has 4 aromatic rings. The number of amides is 2. The lowest BCUT2D eigenvalue weighted by Crippen LogP contribution is -2.18. The zero-order valence-electron chi connectivity index (χ0n) is 15.5. The monoisotopic (exact) mass is 478 g/mol. The molecule has 1 aromatic heterocycles. The number of carbonyl (C=O) groups excluding carboxylic acids is 2. The molecule has 3 aromatic carbocycles. The van der Waals surface area contributed by atoms with Crippen LogP contribution in [0.2, 0.25) is 0 Å². The summed E-state index contributed by atoms with van der Waals surface area (Å²) in [6.45, 7) is 0. The van der Waals surface area contributed by atoms with Gasteiger partial charge in [0.25, 0.3) is 11.8 Å². The molecule has 0 saturated heterocycles. The van der Waals surface area contributed by atoms with Crippen molar-refractivity contribution in [2.45, 2.75) is 0 Å². The van der Waals surface area contributed by atoms with Gasteiger partial charge in [-0.2, -0.15) is 0 Å². The highest BCUT2D eigenvalue weighted by atomic mass is 79.9. The van der Waals surface area contributed by atoms with E-state index in [2.05, 4.69) is 36.8 Å². The summed E-state index contributed by atoms with van der Waals surface area (Å²) in [5, 5.41) is 14.8. The Balaban J connectivity index is 1.52. The number of hydrogen-bond donors (Lipinski definition) is 2. The van der Waals surface area contributed by atoms with Gasteiger partial charge in [-0.05, 0) is 40.2 Å². The molecule has 0 aliphatic carbocycles. The number of rotatable bonds is 5. The molecule has 0 aliphatic rings. The second-order valence-corrected chi connectivity index (χ2v) is 8.04. The van der Waals surface area contributed by atoms with E-state index in [4.69, 9.17) is 0 Å². The van der Waals surface area contributed by atoms with E-state index in [1.165, 1.54) is 11.3 Å². The summed E-state index contributed by atoms with van der Waals surface area (Å²) < 4.78 is 0.673. The van der Waals surface area contributed by atoms with Crippen molar-refractivity contribution in [1.29, 1.82) is 0 Å². The van der Waals surface area contributed by atoms with Gasteiger partial charge in [0.05, 0.1) is 16.8 Å². The van der Waals surface area contributed by atoms with Crippen molar-refractivity contribution in [3.63, 3.8) is 0 Å². The standard InChI is InChI=1S/C22H15BrN4O2S/c23-17-12-6-4-10-15(17)19(28)24-18-13-7-5-11-16(18)20(29)25-22-27-26-21(30-22)14-8-2-1-3-9-14/h1-13H,(H,24,28)(H,25,27,29). The molecule has 1 heterocycles. The van der Waals surface area contributed by atoms with Crippen LogP contribution in [0, 0.1) is 0 Å². The van der Waals surface area contributed by atoms with Crippen LogP contribution < -0.4 is 10.6 Å². The van der Waals surface area contributed by atoms with Gasteiger partial charge in [0.1, 0.15) is 5.01 Å². The topological polar surface area (TPSA) is 84.0 Å². The second-order valence-electron chi connectivity index (χ2n) is 6.21. The minimum atomic E-state index is -0.381. The van der Waals surface area contributed by atoms with Crippen LogP contribution in [0.5, 0.6) is 0 Å². The van der Waals surface area contributed by atoms with Crippen LogP contribution in [0.1, 0.15) is 20.7 Å². The Labute approximate surface area is 185 Å². The molecule has 148 valence electrons. The number of para-hydroxylation sites is 1. The SMILES string of the molecule is O=C(Nc1ccccc1C(=O)Nc1nnc(-c2ccccc2)s1)c1ccccc1Br. The second kappa shape index (κ2) is 8.98. The molecule has 0 fully saturated rings. The van der Waals surface area contributed by atoms with Crippen molar-refractivity contribution in [1.82, 2.24) is 10.2 Å². The maximum atomic E-state index is 12.8. The molecule has 2 N–H and O–H groups in total. The first-order valence-electron chi connectivity index (χ1n) is 8.97. The Morgan fingerprint density at radius 1 is 0.733 bits per heavy atom. The third kappa shape index (κ3) is 4.45. The number of hydrogen-bond acceptors (Lipinski definition) is 5. The van der Waals surface area contributed by atoms with Crippen LogP contribution in [0.3, 0.4) is 0 Å². The molecule has 0 atom stereocenters. The van der Waals surface area contributed by atoms with Gasteiger partial charge in [0.15, 0.2) is 0 Å². The Kier molecular flexibility index (Phi) is 5.97. The fourth-order valence-corrected chi connectivity index (χ4v) is 3.97. The smallest absolute Gasteiger partial charge is 0.259 e. The summed E-state index contributed by atoms with van der Waals surface area (Å²) in [6, 6.07) is 23.5. The van der Waals surface area contributed by atoms with Gasteiger partial charge in [-0.1, -0.05) is 65.9 Å². The molecular weight excluding hydrogens is 464 g/mol. The van der Waals surface area contributed by atoms with Gasteiger partial charge in [0.2, 0.25) is 5.13 Å². The van der Waals surface area contributed by atoms with E-state index in [-0.39, 0.29) is 11.8 Å². The van der Waals surface area contributed by atoms with Gasteiger partial charge in [-0.3, -0.25) is 14.9 Å². The molecule has 8 heteroatoms. The number of halogens is 1. The van der Waals surface area contributed by atoms with Crippen molar-refractivity contribution in [2.24, 2.45) is 0 Å². The minimum Gasteiger partial charge on any atom is -0.321 e. The first-order chi connectivity index (χ1) is 14.6. The number of aromatic nitrogens is 2.